The molecular weight excluding hydrogens is 382 g/mol. The van der Waals surface area contributed by atoms with Gasteiger partial charge < -0.3 is 9.72 Å². The van der Waals surface area contributed by atoms with Crippen LogP contribution < -0.4 is 5.32 Å². The van der Waals surface area contributed by atoms with E-state index in [1.165, 1.54) is 0 Å². The van der Waals surface area contributed by atoms with Gasteiger partial charge in [0.25, 0.3) is 0 Å². The van der Waals surface area contributed by atoms with E-state index in [0.717, 1.165) is 39.4 Å². The highest BCUT2D eigenvalue weighted by Crippen LogP contribution is 2.27. The SMILES string of the molecule is Cc1ccc(C)c(NC(=O)CCc2c(-c3ccc(Cl)cc3)nc3ccccn23)c1. The summed E-state index contributed by atoms with van der Waals surface area (Å²) in [5, 5.41) is 3.73. The number of rotatable bonds is 5. The van der Waals surface area contributed by atoms with Gasteiger partial charge in [-0.15, -0.1) is 0 Å². The number of benzene rings is 2. The Hall–Kier alpha value is -3.11. The van der Waals surface area contributed by atoms with Crippen molar-refractivity contribution in [1.82, 2.24) is 9.38 Å². The topological polar surface area (TPSA) is 46.4 Å². The van der Waals surface area contributed by atoms with E-state index in [1.807, 2.05) is 80.7 Å². The van der Waals surface area contributed by atoms with Crippen LogP contribution in [0.25, 0.3) is 16.9 Å². The highest BCUT2D eigenvalue weighted by molar-refractivity contribution is 6.30. The quantitative estimate of drug-likeness (QED) is 0.454. The predicted molar refractivity (Wildman–Crippen MR) is 119 cm³/mol. The number of hydrogen-bond acceptors (Lipinski definition) is 2. The van der Waals surface area contributed by atoms with Gasteiger partial charge in [0, 0.05) is 28.9 Å². The summed E-state index contributed by atoms with van der Waals surface area (Å²) in [7, 11) is 0. The summed E-state index contributed by atoms with van der Waals surface area (Å²) < 4.78 is 2.05. The van der Waals surface area contributed by atoms with Gasteiger partial charge in [-0.2, -0.15) is 0 Å². The lowest BCUT2D eigenvalue weighted by atomic mass is 10.1. The third-order valence-corrected chi connectivity index (χ3v) is 5.25. The Kier molecular flexibility index (Phi) is 5.36. The number of nitrogens with zero attached hydrogens (tertiary/aromatic N) is 2. The lowest BCUT2D eigenvalue weighted by Crippen LogP contribution is -2.14. The number of imidazole rings is 1. The van der Waals surface area contributed by atoms with Crippen LogP contribution in [-0.2, 0) is 11.2 Å². The van der Waals surface area contributed by atoms with E-state index in [9.17, 15) is 4.79 Å². The van der Waals surface area contributed by atoms with Gasteiger partial charge >= 0.3 is 0 Å². The first-order valence-electron chi connectivity index (χ1n) is 9.60. The second kappa shape index (κ2) is 8.10. The van der Waals surface area contributed by atoms with Crippen LogP contribution >= 0.6 is 11.6 Å². The Balaban J connectivity index is 1.60. The predicted octanol–water partition coefficient (Wildman–Crippen LogP) is 5.84. The minimum absolute atomic E-state index is 0.00774. The molecule has 2 aromatic heterocycles. The zero-order valence-electron chi connectivity index (χ0n) is 16.4. The standard InChI is InChI=1S/C24H22ClN3O/c1-16-6-7-17(2)20(15-16)26-23(29)13-12-21-24(18-8-10-19(25)11-9-18)27-22-5-3-4-14-28(21)22/h3-11,14-15H,12-13H2,1-2H3,(H,26,29). The van der Waals surface area contributed by atoms with Crippen molar-refractivity contribution < 1.29 is 4.79 Å². The number of anilines is 1. The summed E-state index contributed by atoms with van der Waals surface area (Å²) in [5.74, 6) is -0.00774. The number of halogens is 1. The summed E-state index contributed by atoms with van der Waals surface area (Å²) in [6.45, 7) is 4.02. The maximum absolute atomic E-state index is 12.6. The maximum atomic E-state index is 12.6. The van der Waals surface area contributed by atoms with Gasteiger partial charge in [-0.25, -0.2) is 4.98 Å². The number of nitrogens with one attached hydrogen (secondary N) is 1. The van der Waals surface area contributed by atoms with Gasteiger partial charge in [-0.1, -0.05) is 41.9 Å². The summed E-state index contributed by atoms with van der Waals surface area (Å²) >= 11 is 6.04. The fraction of sp³-hybridized carbons (Fsp3) is 0.167. The number of aryl methyl sites for hydroxylation is 3. The lowest BCUT2D eigenvalue weighted by molar-refractivity contribution is -0.116. The van der Waals surface area contributed by atoms with Crippen LogP contribution in [0.4, 0.5) is 5.69 Å². The zero-order chi connectivity index (χ0) is 20.4. The molecule has 0 aliphatic heterocycles. The molecule has 1 N–H and O–H groups in total. The largest absolute Gasteiger partial charge is 0.326 e. The van der Waals surface area contributed by atoms with Crippen LogP contribution in [-0.4, -0.2) is 15.3 Å². The minimum Gasteiger partial charge on any atom is -0.326 e. The number of pyridine rings is 1. The molecule has 0 bridgehead atoms. The molecule has 146 valence electrons. The molecule has 0 fully saturated rings. The van der Waals surface area contributed by atoms with Crippen LogP contribution in [0.2, 0.25) is 5.02 Å². The molecular formula is C24H22ClN3O. The van der Waals surface area contributed by atoms with Crippen LogP contribution in [0.15, 0.2) is 66.9 Å². The molecule has 0 saturated carbocycles. The first-order chi connectivity index (χ1) is 14.0. The molecule has 0 atom stereocenters. The number of aromatic nitrogens is 2. The van der Waals surface area contributed by atoms with Crippen molar-refractivity contribution in [3.8, 4) is 11.3 Å². The maximum Gasteiger partial charge on any atom is 0.224 e. The molecule has 2 heterocycles. The van der Waals surface area contributed by atoms with Crippen molar-refractivity contribution in [3.63, 3.8) is 0 Å². The number of fused-ring (bicyclic) bond motifs is 1. The average Bonchev–Trinajstić information content (AvgIpc) is 3.08. The number of amides is 1. The van der Waals surface area contributed by atoms with E-state index in [0.29, 0.717) is 17.9 Å². The van der Waals surface area contributed by atoms with Crippen LogP contribution in [0.3, 0.4) is 0 Å². The highest BCUT2D eigenvalue weighted by Gasteiger charge is 2.15. The van der Waals surface area contributed by atoms with Crippen molar-refractivity contribution >= 4 is 28.8 Å². The molecule has 0 spiro atoms. The molecule has 2 aromatic carbocycles. The lowest BCUT2D eigenvalue weighted by Gasteiger charge is -2.10. The number of carbonyl (C=O) groups excluding carboxylic acids is 1. The molecule has 0 unspecified atom stereocenters. The van der Waals surface area contributed by atoms with E-state index in [4.69, 9.17) is 16.6 Å². The molecule has 0 aliphatic rings. The zero-order valence-corrected chi connectivity index (χ0v) is 17.2. The minimum atomic E-state index is -0.00774. The monoisotopic (exact) mass is 403 g/mol. The van der Waals surface area contributed by atoms with Crippen molar-refractivity contribution in [2.24, 2.45) is 0 Å². The third-order valence-electron chi connectivity index (χ3n) is 5.00. The van der Waals surface area contributed by atoms with Crippen LogP contribution in [0.5, 0.6) is 0 Å². The van der Waals surface area contributed by atoms with E-state index in [1.54, 1.807) is 0 Å². The summed E-state index contributed by atoms with van der Waals surface area (Å²) in [6, 6.07) is 19.6. The van der Waals surface area contributed by atoms with E-state index < -0.39 is 0 Å². The molecule has 5 heteroatoms. The van der Waals surface area contributed by atoms with Gasteiger partial charge in [0.15, 0.2) is 0 Å². The first-order valence-corrected chi connectivity index (χ1v) is 9.98. The number of carbonyl (C=O) groups is 1. The van der Waals surface area contributed by atoms with Crippen LogP contribution in [0, 0.1) is 13.8 Å². The van der Waals surface area contributed by atoms with Gasteiger partial charge in [-0.3, -0.25) is 4.79 Å². The molecule has 1 amide bonds. The van der Waals surface area contributed by atoms with Gasteiger partial charge in [0.1, 0.15) is 5.65 Å². The summed E-state index contributed by atoms with van der Waals surface area (Å²) in [4.78, 5) is 17.4. The van der Waals surface area contributed by atoms with Gasteiger partial charge in [0.05, 0.1) is 11.4 Å². The van der Waals surface area contributed by atoms with Crippen molar-refractivity contribution in [2.75, 3.05) is 5.32 Å². The fourth-order valence-corrected chi connectivity index (χ4v) is 3.57. The van der Waals surface area contributed by atoms with E-state index >= 15 is 0 Å². The molecule has 4 rings (SSSR count). The van der Waals surface area contributed by atoms with Crippen molar-refractivity contribution in [3.05, 3.63) is 88.7 Å². The Labute approximate surface area is 175 Å². The second-order valence-electron chi connectivity index (χ2n) is 7.21. The Morgan fingerprint density at radius 2 is 1.86 bits per heavy atom. The smallest absolute Gasteiger partial charge is 0.224 e. The van der Waals surface area contributed by atoms with Crippen molar-refractivity contribution in [1.29, 1.82) is 0 Å². The number of hydrogen-bond donors (Lipinski definition) is 1. The highest BCUT2D eigenvalue weighted by atomic mass is 35.5. The Morgan fingerprint density at radius 1 is 1.07 bits per heavy atom. The molecule has 29 heavy (non-hydrogen) atoms. The van der Waals surface area contributed by atoms with Gasteiger partial charge in [-0.05, 0) is 61.7 Å². The Bertz CT molecular complexity index is 1180. The van der Waals surface area contributed by atoms with E-state index in [2.05, 4.69) is 9.72 Å². The average molecular weight is 404 g/mol. The second-order valence-corrected chi connectivity index (χ2v) is 7.65. The van der Waals surface area contributed by atoms with Gasteiger partial charge in [0.2, 0.25) is 5.91 Å². The molecule has 0 radical (unpaired) electrons. The summed E-state index contributed by atoms with van der Waals surface area (Å²) in [6.07, 6.45) is 2.94. The normalized spacial score (nSPS) is 11.0. The molecule has 4 aromatic rings. The molecule has 0 aliphatic carbocycles. The first kappa shape index (κ1) is 19.2. The third kappa shape index (κ3) is 4.17. The van der Waals surface area contributed by atoms with E-state index in [-0.39, 0.29) is 5.91 Å². The molecule has 0 saturated heterocycles. The Morgan fingerprint density at radius 3 is 2.66 bits per heavy atom. The summed E-state index contributed by atoms with van der Waals surface area (Å²) in [5.41, 5.74) is 6.79. The fourth-order valence-electron chi connectivity index (χ4n) is 3.44. The molecule has 4 nitrogen and oxygen atoms in total. The van der Waals surface area contributed by atoms with Crippen molar-refractivity contribution in [2.45, 2.75) is 26.7 Å². The van der Waals surface area contributed by atoms with Crippen LogP contribution in [0.1, 0.15) is 23.2 Å².